The van der Waals surface area contributed by atoms with Crippen LogP contribution in [0.2, 0.25) is 0 Å². The molecule has 0 aromatic heterocycles. The molecule has 1 aliphatic rings. The number of ether oxygens (including phenoxy) is 2. The van der Waals surface area contributed by atoms with Crippen molar-refractivity contribution in [2.75, 3.05) is 19.8 Å². The number of carbonyl (C=O) groups is 1. The molecule has 4 heteroatoms. The third-order valence-corrected chi connectivity index (χ3v) is 3.05. The van der Waals surface area contributed by atoms with Crippen LogP contribution in [0.1, 0.15) is 39.5 Å². The Morgan fingerprint density at radius 3 is 2.56 bits per heavy atom. The minimum absolute atomic E-state index is 0.181. The minimum Gasteiger partial charge on any atom is -0.479 e. The van der Waals surface area contributed by atoms with Crippen LogP contribution in [-0.2, 0) is 14.3 Å². The lowest BCUT2D eigenvalue weighted by molar-refractivity contribution is -0.168. The number of hydrogen-bond donors (Lipinski definition) is 1. The molecule has 0 aliphatic heterocycles. The molecule has 94 valence electrons. The summed E-state index contributed by atoms with van der Waals surface area (Å²) in [4.78, 5) is 11.1. The average Bonchev–Trinajstić information content (AvgIpc) is 3.06. The minimum atomic E-state index is -1.01. The first-order valence-corrected chi connectivity index (χ1v) is 6.06. The summed E-state index contributed by atoms with van der Waals surface area (Å²) in [6.45, 7) is 5.35. The topological polar surface area (TPSA) is 55.8 Å². The molecule has 1 fully saturated rings. The summed E-state index contributed by atoms with van der Waals surface area (Å²) in [5, 5.41) is 9.12. The van der Waals surface area contributed by atoms with Crippen molar-refractivity contribution in [3.8, 4) is 0 Å². The maximum absolute atomic E-state index is 11.1. The molecular formula is C12H22O4. The van der Waals surface area contributed by atoms with Crippen LogP contribution < -0.4 is 0 Å². The van der Waals surface area contributed by atoms with Crippen LogP contribution in [0.3, 0.4) is 0 Å². The molecule has 0 radical (unpaired) electrons. The Hall–Kier alpha value is -0.610. The van der Waals surface area contributed by atoms with E-state index in [0.29, 0.717) is 13.2 Å². The molecule has 0 saturated heterocycles. The summed E-state index contributed by atoms with van der Waals surface area (Å²) in [6, 6.07) is 0. The largest absolute Gasteiger partial charge is 0.479 e. The fraction of sp³-hybridized carbons (Fsp3) is 0.917. The zero-order valence-electron chi connectivity index (χ0n) is 10.2. The van der Waals surface area contributed by atoms with Gasteiger partial charge in [-0.05, 0) is 32.1 Å². The van der Waals surface area contributed by atoms with E-state index in [4.69, 9.17) is 14.6 Å². The molecule has 0 spiro atoms. The van der Waals surface area contributed by atoms with Crippen molar-refractivity contribution in [1.29, 1.82) is 0 Å². The van der Waals surface area contributed by atoms with Gasteiger partial charge >= 0.3 is 5.97 Å². The van der Waals surface area contributed by atoms with Crippen molar-refractivity contribution in [3.63, 3.8) is 0 Å². The maximum Gasteiger partial charge on any atom is 0.335 e. The van der Waals surface area contributed by atoms with Gasteiger partial charge in [0.15, 0.2) is 5.60 Å². The number of unbranched alkanes of at least 4 members (excludes halogenated alkanes) is 1. The number of carboxylic acid groups (broad SMARTS) is 1. The van der Waals surface area contributed by atoms with Crippen molar-refractivity contribution in [2.45, 2.75) is 45.1 Å². The van der Waals surface area contributed by atoms with E-state index in [2.05, 4.69) is 6.92 Å². The second kappa shape index (κ2) is 6.21. The molecule has 0 bridgehead atoms. The van der Waals surface area contributed by atoms with E-state index < -0.39 is 11.6 Å². The van der Waals surface area contributed by atoms with Gasteiger partial charge in [-0.15, -0.1) is 0 Å². The summed E-state index contributed by atoms with van der Waals surface area (Å²) in [6.07, 6.45) is 4.06. The van der Waals surface area contributed by atoms with Crippen LogP contribution in [0.4, 0.5) is 0 Å². The van der Waals surface area contributed by atoms with Gasteiger partial charge in [0, 0.05) is 6.61 Å². The first-order chi connectivity index (χ1) is 7.61. The first kappa shape index (κ1) is 13.5. The van der Waals surface area contributed by atoms with Crippen molar-refractivity contribution < 1.29 is 19.4 Å². The van der Waals surface area contributed by atoms with Gasteiger partial charge in [-0.25, -0.2) is 4.79 Å². The van der Waals surface area contributed by atoms with E-state index in [1.165, 1.54) is 0 Å². The lowest BCUT2D eigenvalue weighted by Crippen LogP contribution is -2.41. The van der Waals surface area contributed by atoms with Gasteiger partial charge in [-0.3, -0.25) is 0 Å². The molecule has 16 heavy (non-hydrogen) atoms. The summed E-state index contributed by atoms with van der Waals surface area (Å²) < 4.78 is 10.8. The van der Waals surface area contributed by atoms with E-state index in [9.17, 15) is 4.79 Å². The van der Waals surface area contributed by atoms with E-state index >= 15 is 0 Å². The summed E-state index contributed by atoms with van der Waals surface area (Å²) in [5.74, 6) is -0.677. The lowest BCUT2D eigenvalue weighted by Gasteiger charge is -2.25. The summed E-state index contributed by atoms with van der Waals surface area (Å²) in [7, 11) is 0. The van der Waals surface area contributed by atoms with E-state index in [-0.39, 0.29) is 5.92 Å². The second-order valence-electron chi connectivity index (χ2n) is 4.50. The van der Waals surface area contributed by atoms with Crippen LogP contribution in [0.5, 0.6) is 0 Å². The number of carboxylic acids is 1. The fourth-order valence-corrected chi connectivity index (χ4v) is 1.65. The third-order valence-electron chi connectivity index (χ3n) is 3.05. The molecule has 1 atom stereocenters. The van der Waals surface area contributed by atoms with Crippen LogP contribution in [0, 0.1) is 5.92 Å². The predicted molar refractivity (Wildman–Crippen MR) is 60.4 cm³/mol. The Morgan fingerprint density at radius 1 is 1.38 bits per heavy atom. The zero-order chi connectivity index (χ0) is 12.0. The van der Waals surface area contributed by atoms with Crippen molar-refractivity contribution in [1.82, 2.24) is 0 Å². The Morgan fingerprint density at radius 2 is 2.06 bits per heavy atom. The molecule has 0 amide bonds. The molecular weight excluding hydrogens is 208 g/mol. The van der Waals surface area contributed by atoms with Gasteiger partial charge in [0.2, 0.25) is 0 Å². The molecule has 0 aromatic rings. The van der Waals surface area contributed by atoms with Gasteiger partial charge < -0.3 is 14.6 Å². The monoisotopic (exact) mass is 230 g/mol. The van der Waals surface area contributed by atoms with Crippen LogP contribution in [-0.4, -0.2) is 36.5 Å². The molecule has 0 heterocycles. The van der Waals surface area contributed by atoms with Gasteiger partial charge in [0.05, 0.1) is 13.2 Å². The van der Waals surface area contributed by atoms with Crippen molar-refractivity contribution >= 4 is 5.97 Å². The average molecular weight is 230 g/mol. The predicted octanol–water partition coefficient (Wildman–Crippen LogP) is 2.07. The quantitative estimate of drug-likeness (QED) is 0.616. The Balaban J connectivity index is 2.16. The number of aliphatic carboxylic acids is 1. The lowest BCUT2D eigenvalue weighted by atomic mass is 10.0. The molecule has 1 saturated carbocycles. The van der Waals surface area contributed by atoms with Gasteiger partial charge in [-0.1, -0.05) is 13.3 Å². The maximum atomic E-state index is 11.1. The van der Waals surface area contributed by atoms with E-state index in [0.717, 1.165) is 32.3 Å². The highest BCUT2D eigenvalue weighted by molar-refractivity contribution is 5.77. The third kappa shape index (κ3) is 3.76. The fourth-order valence-electron chi connectivity index (χ4n) is 1.65. The Labute approximate surface area is 96.9 Å². The molecule has 0 aromatic carbocycles. The highest BCUT2D eigenvalue weighted by Gasteiger charge is 2.48. The Kier molecular flexibility index (Phi) is 5.22. The van der Waals surface area contributed by atoms with E-state index in [1.54, 1.807) is 6.92 Å². The van der Waals surface area contributed by atoms with Gasteiger partial charge in [0.25, 0.3) is 0 Å². The number of rotatable bonds is 9. The van der Waals surface area contributed by atoms with Crippen molar-refractivity contribution in [3.05, 3.63) is 0 Å². The van der Waals surface area contributed by atoms with Gasteiger partial charge in [0.1, 0.15) is 0 Å². The standard InChI is InChI=1S/C12H22O4/c1-3-4-7-15-8-9-16-12(2,11(13)14)10-5-6-10/h10H,3-9H2,1-2H3,(H,13,14). The van der Waals surface area contributed by atoms with Crippen molar-refractivity contribution in [2.24, 2.45) is 5.92 Å². The summed E-state index contributed by atoms with van der Waals surface area (Å²) >= 11 is 0. The molecule has 1 unspecified atom stereocenters. The SMILES string of the molecule is CCCCOCCOC(C)(C(=O)O)C1CC1. The van der Waals surface area contributed by atoms with Crippen LogP contribution in [0.15, 0.2) is 0 Å². The first-order valence-electron chi connectivity index (χ1n) is 6.06. The zero-order valence-corrected chi connectivity index (χ0v) is 10.2. The molecule has 1 aliphatic carbocycles. The molecule has 4 nitrogen and oxygen atoms in total. The number of hydrogen-bond acceptors (Lipinski definition) is 3. The summed E-state index contributed by atoms with van der Waals surface area (Å²) in [5.41, 5.74) is -1.01. The highest BCUT2D eigenvalue weighted by Crippen LogP contribution is 2.41. The van der Waals surface area contributed by atoms with Gasteiger partial charge in [-0.2, -0.15) is 0 Å². The normalized spacial score (nSPS) is 19.4. The second-order valence-corrected chi connectivity index (χ2v) is 4.50. The van der Waals surface area contributed by atoms with E-state index in [1.807, 2.05) is 0 Å². The highest BCUT2D eigenvalue weighted by atomic mass is 16.6. The molecule has 1 N–H and O–H groups in total. The van der Waals surface area contributed by atoms with Crippen LogP contribution in [0.25, 0.3) is 0 Å². The Bertz CT molecular complexity index is 225. The molecule has 1 rings (SSSR count). The van der Waals surface area contributed by atoms with Crippen LogP contribution >= 0.6 is 0 Å². The smallest absolute Gasteiger partial charge is 0.335 e.